The standard InChI is InChI=1S/C10H16O2/c1-8(12)10-5-3-2-4-9(10)6-7-11/h7,9-10H,2-6H2,1H3. The molecule has 2 heteroatoms. The largest absolute Gasteiger partial charge is 0.303 e. The molecule has 0 aromatic rings. The van der Waals surface area contributed by atoms with Gasteiger partial charge >= 0.3 is 0 Å². The third-order valence-corrected chi connectivity index (χ3v) is 2.83. The molecule has 1 aliphatic rings. The van der Waals surface area contributed by atoms with Gasteiger partial charge in [-0.25, -0.2) is 0 Å². The summed E-state index contributed by atoms with van der Waals surface area (Å²) >= 11 is 0. The van der Waals surface area contributed by atoms with Crippen molar-refractivity contribution >= 4 is 12.1 Å². The minimum absolute atomic E-state index is 0.170. The summed E-state index contributed by atoms with van der Waals surface area (Å²) in [5, 5.41) is 0. The minimum Gasteiger partial charge on any atom is -0.303 e. The van der Waals surface area contributed by atoms with E-state index in [1.807, 2.05) is 0 Å². The first kappa shape index (κ1) is 9.43. The fraction of sp³-hybridized carbons (Fsp3) is 0.800. The summed E-state index contributed by atoms with van der Waals surface area (Å²) in [6.45, 7) is 1.65. The lowest BCUT2D eigenvalue weighted by molar-refractivity contribution is -0.123. The Balaban J connectivity index is 2.53. The van der Waals surface area contributed by atoms with E-state index in [1.165, 1.54) is 6.42 Å². The van der Waals surface area contributed by atoms with Crippen LogP contribution in [0.4, 0.5) is 0 Å². The van der Waals surface area contributed by atoms with Crippen molar-refractivity contribution in [3.8, 4) is 0 Å². The molecule has 1 fully saturated rings. The van der Waals surface area contributed by atoms with Crippen LogP contribution >= 0.6 is 0 Å². The van der Waals surface area contributed by atoms with Crippen LogP contribution in [0.5, 0.6) is 0 Å². The first-order valence-corrected chi connectivity index (χ1v) is 4.69. The van der Waals surface area contributed by atoms with E-state index in [4.69, 9.17) is 0 Å². The van der Waals surface area contributed by atoms with Crippen LogP contribution in [-0.4, -0.2) is 12.1 Å². The van der Waals surface area contributed by atoms with Gasteiger partial charge in [0.1, 0.15) is 12.1 Å². The van der Waals surface area contributed by atoms with Crippen LogP contribution in [0.1, 0.15) is 39.0 Å². The van der Waals surface area contributed by atoms with Gasteiger partial charge in [-0.15, -0.1) is 0 Å². The number of hydrogen-bond acceptors (Lipinski definition) is 2. The van der Waals surface area contributed by atoms with E-state index in [9.17, 15) is 9.59 Å². The summed E-state index contributed by atoms with van der Waals surface area (Å²) < 4.78 is 0. The molecular weight excluding hydrogens is 152 g/mol. The van der Waals surface area contributed by atoms with Crippen LogP contribution in [0.3, 0.4) is 0 Å². The Labute approximate surface area is 73.3 Å². The fourth-order valence-corrected chi connectivity index (χ4v) is 2.15. The van der Waals surface area contributed by atoms with E-state index in [0.717, 1.165) is 25.5 Å². The third kappa shape index (κ3) is 2.16. The van der Waals surface area contributed by atoms with Gasteiger partial charge in [0, 0.05) is 12.3 Å². The third-order valence-electron chi connectivity index (χ3n) is 2.83. The second-order valence-electron chi connectivity index (χ2n) is 3.66. The molecule has 0 bridgehead atoms. The minimum atomic E-state index is 0.170. The Morgan fingerprint density at radius 1 is 1.42 bits per heavy atom. The van der Waals surface area contributed by atoms with Gasteiger partial charge in [0.25, 0.3) is 0 Å². The average Bonchev–Trinajstić information content (AvgIpc) is 2.05. The molecule has 0 aromatic heterocycles. The number of carbonyl (C=O) groups excluding carboxylic acids is 2. The average molecular weight is 168 g/mol. The van der Waals surface area contributed by atoms with Gasteiger partial charge in [0.05, 0.1) is 0 Å². The van der Waals surface area contributed by atoms with E-state index in [-0.39, 0.29) is 11.7 Å². The van der Waals surface area contributed by atoms with E-state index < -0.39 is 0 Å². The normalized spacial score (nSPS) is 29.8. The number of hydrogen-bond donors (Lipinski definition) is 0. The predicted octanol–water partition coefficient (Wildman–Crippen LogP) is 1.97. The van der Waals surface area contributed by atoms with Crippen molar-refractivity contribution in [2.75, 3.05) is 0 Å². The Hall–Kier alpha value is -0.660. The summed E-state index contributed by atoms with van der Waals surface area (Å²) in [5.74, 6) is 0.777. The molecule has 1 saturated carbocycles. The second kappa shape index (κ2) is 4.39. The summed E-state index contributed by atoms with van der Waals surface area (Å²) in [7, 11) is 0. The zero-order valence-electron chi connectivity index (χ0n) is 7.58. The maximum Gasteiger partial charge on any atom is 0.133 e. The Kier molecular flexibility index (Phi) is 3.45. The highest BCUT2D eigenvalue weighted by molar-refractivity contribution is 5.79. The lowest BCUT2D eigenvalue weighted by Gasteiger charge is -2.28. The lowest BCUT2D eigenvalue weighted by atomic mass is 9.76. The first-order chi connectivity index (χ1) is 5.75. The summed E-state index contributed by atoms with van der Waals surface area (Å²) in [6, 6.07) is 0. The van der Waals surface area contributed by atoms with Crippen molar-refractivity contribution in [2.45, 2.75) is 39.0 Å². The molecule has 68 valence electrons. The van der Waals surface area contributed by atoms with Crippen LogP contribution in [0.2, 0.25) is 0 Å². The second-order valence-corrected chi connectivity index (χ2v) is 3.66. The highest BCUT2D eigenvalue weighted by Crippen LogP contribution is 2.32. The quantitative estimate of drug-likeness (QED) is 0.604. The van der Waals surface area contributed by atoms with Crippen LogP contribution < -0.4 is 0 Å². The summed E-state index contributed by atoms with van der Waals surface area (Å²) in [6.07, 6.45) is 5.91. The number of ketones is 1. The van der Waals surface area contributed by atoms with Crippen LogP contribution in [-0.2, 0) is 9.59 Å². The molecular formula is C10H16O2. The monoisotopic (exact) mass is 168 g/mol. The van der Waals surface area contributed by atoms with E-state index >= 15 is 0 Å². The molecule has 2 atom stereocenters. The van der Waals surface area contributed by atoms with E-state index in [1.54, 1.807) is 6.92 Å². The molecule has 0 N–H and O–H groups in total. The van der Waals surface area contributed by atoms with Crippen LogP contribution in [0.15, 0.2) is 0 Å². The van der Waals surface area contributed by atoms with Crippen molar-refractivity contribution < 1.29 is 9.59 Å². The van der Waals surface area contributed by atoms with Crippen molar-refractivity contribution in [1.82, 2.24) is 0 Å². The smallest absolute Gasteiger partial charge is 0.133 e. The molecule has 0 radical (unpaired) electrons. The van der Waals surface area contributed by atoms with Crippen LogP contribution in [0.25, 0.3) is 0 Å². The Morgan fingerprint density at radius 3 is 2.67 bits per heavy atom. The molecule has 0 amide bonds. The molecule has 1 aliphatic carbocycles. The van der Waals surface area contributed by atoms with Gasteiger partial charge in [-0.1, -0.05) is 12.8 Å². The molecule has 0 aliphatic heterocycles. The first-order valence-electron chi connectivity index (χ1n) is 4.69. The summed E-state index contributed by atoms with van der Waals surface area (Å²) in [4.78, 5) is 21.5. The summed E-state index contributed by atoms with van der Waals surface area (Å²) in [5.41, 5.74) is 0. The number of carbonyl (C=O) groups is 2. The highest BCUT2D eigenvalue weighted by Gasteiger charge is 2.27. The van der Waals surface area contributed by atoms with Gasteiger partial charge in [-0.3, -0.25) is 4.79 Å². The maximum absolute atomic E-state index is 11.2. The highest BCUT2D eigenvalue weighted by atomic mass is 16.1. The van der Waals surface area contributed by atoms with E-state index in [0.29, 0.717) is 12.3 Å². The molecule has 12 heavy (non-hydrogen) atoms. The molecule has 0 heterocycles. The maximum atomic E-state index is 11.2. The molecule has 0 saturated heterocycles. The molecule has 2 unspecified atom stereocenters. The topological polar surface area (TPSA) is 34.1 Å². The van der Waals surface area contributed by atoms with Crippen molar-refractivity contribution in [3.63, 3.8) is 0 Å². The van der Waals surface area contributed by atoms with E-state index in [2.05, 4.69) is 0 Å². The molecule has 1 rings (SSSR count). The van der Waals surface area contributed by atoms with Crippen molar-refractivity contribution in [3.05, 3.63) is 0 Å². The van der Waals surface area contributed by atoms with Gasteiger partial charge in [-0.05, 0) is 25.7 Å². The zero-order valence-corrected chi connectivity index (χ0v) is 7.58. The van der Waals surface area contributed by atoms with Gasteiger partial charge in [0.15, 0.2) is 0 Å². The zero-order chi connectivity index (χ0) is 8.97. The van der Waals surface area contributed by atoms with Gasteiger partial charge in [-0.2, -0.15) is 0 Å². The number of rotatable bonds is 3. The van der Waals surface area contributed by atoms with Gasteiger partial charge in [0.2, 0.25) is 0 Å². The predicted molar refractivity (Wildman–Crippen MR) is 46.8 cm³/mol. The molecule has 0 spiro atoms. The SMILES string of the molecule is CC(=O)C1CCCCC1CC=O. The van der Waals surface area contributed by atoms with Gasteiger partial charge < -0.3 is 4.79 Å². The molecule has 0 aromatic carbocycles. The Morgan fingerprint density at radius 2 is 2.08 bits per heavy atom. The molecule has 2 nitrogen and oxygen atoms in total. The van der Waals surface area contributed by atoms with Crippen LogP contribution in [0, 0.1) is 11.8 Å². The number of Topliss-reactive ketones (excluding diaryl/α,β-unsaturated/α-hetero) is 1. The lowest BCUT2D eigenvalue weighted by Crippen LogP contribution is -2.25. The fourth-order valence-electron chi connectivity index (χ4n) is 2.15. The van der Waals surface area contributed by atoms with Crippen molar-refractivity contribution in [2.24, 2.45) is 11.8 Å². The number of aldehydes is 1. The van der Waals surface area contributed by atoms with Crippen molar-refractivity contribution in [1.29, 1.82) is 0 Å². The Bertz CT molecular complexity index is 175.